The summed E-state index contributed by atoms with van der Waals surface area (Å²) >= 11 is 0. The molecule has 1 aliphatic rings. The maximum absolute atomic E-state index is 13.9. The lowest BCUT2D eigenvalue weighted by atomic mass is 10.1. The van der Waals surface area contributed by atoms with Crippen molar-refractivity contribution in [3.05, 3.63) is 47.7 Å². The average molecular weight is 368 g/mol. The summed E-state index contributed by atoms with van der Waals surface area (Å²) in [7, 11) is 0. The Morgan fingerprint density at radius 3 is 2.67 bits per heavy atom. The van der Waals surface area contributed by atoms with Gasteiger partial charge in [0.15, 0.2) is 0 Å². The van der Waals surface area contributed by atoms with Gasteiger partial charge in [-0.05, 0) is 51.0 Å². The summed E-state index contributed by atoms with van der Waals surface area (Å²) in [6.07, 6.45) is 3.77. The van der Waals surface area contributed by atoms with Gasteiger partial charge in [-0.3, -0.25) is 4.79 Å². The number of carbonyl (C=O) groups is 1. The lowest BCUT2D eigenvalue weighted by molar-refractivity contribution is -0.130. The third kappa shape index (κ3) is 3.47. The molecular weight excluding hydrogens is 347 g/mol. The zero-order valence-corrected chi connectivity index (χ0v) is 15.4. The van der Waals surface area contributed by atoms with Crippen LogP contribution in [0, 0.1) is 19.7 Å². The van der Waals surface area contributed by atoms with Crippen LogP contribution in [0.4, 0.5) is 4.39 Å². The van der Waals surface area contributed by atoms with Gasteiger partial charge in [-0.2, -0.15) is 5.10 Å². The van der Waals surface area contributed by atoms with Gasteiger partial charge in [0.2, 0.25) is 5.91 Å². The van der Waals surface area contributed by atoms with Crippen molar-refractivity contribution in [2.24, 2.45) is 0 Å². The number of rotatable bonds is 4. The van der Waals surface area contributed by atoms with Gasteiger partial charge in [-0.25, -0.2) is 13.8 Å². The Labute approximate surface area is 156 Å². The van der Waals surface area contributed by atoms with Crippen LogP contribution in [0.2, 0.25) is 0 Å². The Hall–Kier alpha value is -3.03. The highest BCUT2D eigenvalue weighted by Gasteiger charge is 2.20. The fourth-order valence-corrected chi connectivity index (χ4v) is 3.48. The highest BCUT2D eigenvalue weighted by Crippen LogP contribution is 2.27. The van der Waals surface area contributed by atoms with E-state index in [4.69, 9.17) is 0 Å². The smallest absolute Gasteiger partial charge is 0.244 e. The largest absolute Gasteiger partial charge is 0.341 e. The molecule has 0 unspecified atom stereocenters. The van der Waals surface area contributed by atoms with E-state index in [1.807, 2.05) is 24.8 Å². The third-order valence-electron chi connectivity index (χ3n) is 4.77. The first-order valence-electron chi connectivity index (χ1n) is 9.03. The summed E-state index contributed by atoms with van der Waals surface area (Å²) < 4.78 is 17.2. The molecule has 1 aromatic carbocycles. The number of aromatic nitrogens is 5. The standard InChI is InChI=1S/C19H21FN6O/c1-13-9-14(2)26(22-13)18-6-5-15(20)10-16(18)17-11-25(23-21-17)12-19(27)24-7-3-4-8-24/h5-6,9-11H,3-4,7-8,12H2,1-2H3. The molecule has 1 amide bonds. The lowest BCUT2D eigenvalue weighted by Gasteiger charge is -2.14. The first-order valence-corrected chi connectivity index (χ1v) is 9.03. The zero-order valence-electron chi connectivity index (χ0n) is 15.4. The van der Waals surface area contributed by atoms with E-state index in [2.05, 4.69) is 15.4 Å². The van der Waals surface area contributed by atoms with E-state index < -0.39 is 0 Å². The first-order chi connectivity index (χ1) is 13.0. The van der Waals surface area contributed by atoms with Gasteiger partial charge in [-0.15, -0.1) is 5.10 Å². The van der Waals surface area contributed by atoms with Crippen LogP contribution < -0.4 is 0 Å². The SMILES string of the molecule is Cc1cc(C)n(-c2ccc(F)cc2-c2cn(CC(=O)N3CCCC3)nn2)n1. The van der Waals surface area contributed by atoms with E-state index >= 15 is 0 Å². The van der Waals surface area contributed by atoms with Gasteiger partial charge in [0.05, 0.1) is 17.6 Å². The molecule has 0 atom stereocenters. The summed E-state index contributed by atoms with van der Waals surface area (Å²) in [5, 5.41) is 12.7. The maximum Gasteiger partial charge on any atom is 0.244 e. The highest BCUT2D eigenvalue weighted by molar-refractivity contribution is 5.76. The predicted octanol–water partition coefficient (Wildman–Crippen LogP) is 2.51. The highest BCUT2D eigenvalue weighted by atomic mass is 19.1. The van der Waals surface area contributed by atoms with E-state index in [9.17, 15) is 9.18 Å². The summed E-state index contributed by atoms with van der Waals surface area (Å²) in [5.74, 6) is -0.333. The molecule has 0 spiro atoms. The fourth-order valence-electron chi connectivity index (χ4n) is 3.48. The van der Waals surface area contributed by atoms with Crippen LogP contribution in [-0.2, 0) is 11.3 Å². The minimum absolute atomic E-state index is 0.0296. The molecule has 1 aliphatic heterocycles. The number of likely N-dealkylation sites (tertiary alicyclic amines) is 1. The van der Waals surface area contributed by atoms with Crippen LogP contribution >= 0.6 is 0 Å². The number of halogens is 1. The van der Waals surface area contributed by atoms with Gasteiger partial charge < -0.3 is 4.90 Å². The summed E-state index contributed by atoms with van der Waals surface area (Å²) in [6, 6.07) is 6.45. The van der Waals surface area contributed by atoms with E-state index in [1.54, 1.807) is 16.9 Å². The average Bonchev–Trinajstić information content (AvgIpc) is 3.36. The molecule has 0 bridgehead atoms. The summed E-state index contributed by atoms with van der Waals surface area (Å²) in [5.41, 5.74) is 3.63. The van der Waals surface area contributed by atoms with Gasteiger partial charge >= 0.3 is 0 Å². The van der Waals surface area contributed by atoms with E-state index in [-0.39, 0.29) is 18.3 Å². The normalized spacial score (nSPS) is 14.1. The van der Waals surface area contributed by atoms with Gasteiger partial charge in [0.1, 0.15) is 18.1 Å². The number of benzene rings is 1. The Balaban J connectivity index is 1.66. The van der Waals surface area contributed by atoms with Crippen molar-refractivity contribution in [2.75, 3.05) is 13.1 Å². The molecule has 1 fully saturated rings. The van der Waals surface area contributed by atoms with Crippen LogP contribution in [0.5, 0.6) is 0 Å². The van der Waals surface area contributed by atoms with Crippen molar-refractivity contribution in [1.82, 2.24) is 29.7 Å². The maximum atomic E-state index is 13.9. The molecule has 1 saturated heterocycles. The van der Waals surface area contributed by atoms with Gasteiger partial charge in [-0.1, -0.05) is 5.21 Å². The van der Waals surface area contributed by atoms with Gasteiger partial charge in [0.25, 0.3) is 0 Å². The molecule has 140 valence electrons. The van der Waals surface area contributed by atoms with Crippen LogP contribution in [0.15, 0.2) is 30.5 Å². The fraction of sp³-hybridized carbons (Fsp3) is 0.368. The zero-order chi connectivity index (χ0) is 19.0. The second-order valence-corrected chi connectivity index (χ2v) is 6.89. The molecule has 0 saturated carbocycles. The van der Waals surface area contributed by atoms with Crippen molar-refractivity contribution < 1.29 is 9.18 Å². The summed E-state index contributed by atoms with van der Waals surface area (Å²) in [6.45, 7) is 5.59. The first kappa shape index (κ1) is 17.4. The number of carbonyl (C=O) groups excluding carboxylic acids is 1. The molecule has 7 nitrogen and oxygen atoms in total. The minimum atomic E-state index is -0.363. The number of nitrogens with zero attached hydrogens (tertiary/aromatic N) is 6. The van der Waals surface area contributed by atoms with Crippen molar-refractivity contribution in [3.63, 3.8) is 0 Å². The van der Waals surface area contributed by atoms with Crippen molar-refractivity contribution in [2.45, 2.75) is 33.2 Å². The summed E-state index contributed by atoms with van der Waals surface area (Å²) in [4.78, 5) is 14.2. The second-order valence-electron chi connectivity index (χ2n) is 6.89. The predicted molar refractivity (Wildman–Crippen MR) is 97.8 cm³/mol. The number of aryl methyl sites for hydroxylation is 2. The topological polar surface area (TPSA) is 68.8 Å². The monoisotopic (exact) mass is 368 g/mol. The molecule has 3 aromatic rings. The van der Waals surface area contributed by atoms with Gasteiger partial charge in [0, 0.05) is 24.3 Å². The third-order valence-corrected chi connectivity index (χ3v) is 4.77. The van der Waals surface area contributed by atoms with Crippen molar-refractivity contribution >= 4 is 5.91 Å². The molecule has 0 aliphatic carbocycles. The van der Waals surface area contributed by atoms with Crippen molar-refractivity contribution in [1.29, 1.82) is 0 Å². The van der Waals surface area contributed by atoms with Crippen LogP contribution in [0.1, 0.15) is 24.2 Å². The quantitative estimate of drug-likeness (QED) is 0.710. The molecule has 4 rings (SSSR count). The van der Waals surface area contributed by atoms with Crippen LogP contribution in [-0.4, -0.2) is 48.7 Å². The van der Waals surface area contributed by atoms with Crippen LogP contribution in [0.3, 0.4) is 0 Å². The number of amides is 1. The van der Waals surface area contributed by atoms with E-state index in [0.29, 0.717) is 11.3 Å². The Kier molecular flexibility index (Phi) is 4.47. The lowest BCUT2D eigenvalue weighted by Crippen LogP contribution is -2.31. The Bertz CT molecular complexity index is 986. The molecule has 2 aromatic heterocycles. The molecular formula is C19H21FN6O. The molecule has 3 heterocycles. The molecule has 8 heteroatoms. The molecule has 0 radical (unpaired) electrons. The number of hydrogen-bond acceptors (Lipinski definition) is 4. The minimum Gasteiger partial charge on any atom is -0.341 e. The van der Waals surface area contributed by atoms with E-state index in [1.165, 1.54) is 16.8 Å². The van der Waals surface area contributed by atoms with Crippen molar-refractivity contribution in [3.8, 4) is 16.9 Å². The number of hydrogen-bond donors (Lipinski definition) is 0. The Morgan fingerprint density at radius 2 is 1.96 bits per heavy atom. The molecule has 27 heavy (non-hydrogen) atoms. The van der Waals surface area contributed by atoms with E-state index in [0.717, 1.165) is 43.0 Å². The second kappa shape index (κ2) is 6.94. The van der Waals surface area contributed by atoms with Crippen LogP contribution in [0.25, 0.3) is 16.9 Å². The Morgan fingerprint density at radius 1 is 1.19 bits per heavy atom. The molecule has 0 N–H and O–H groups in total.